The topological polar surface area (TPSA) is 61.0 Å². The summed E-state index contributed by atoms with van der Waals surface area (Å²) in [7, 11) is 0. The van der Waals surface area contributed by atoms with Crippen molar-refractivity contribution < 1.29 is 4.79 Å². The number of fused-ring (bicyclic) bond motifs is 1. The van der Waals surface area contributed by atoms with E-state index in [-0.39, 0.29) is 11.9 Å². The number of aromatic nitrogens is 2. The number of imidazole rings is 1. The van der Waals surface area contributed by atoms with E-state index in [2.05, 4.69) is 44.5 Å². The fourth-order valence-electron chi connectivity index (χ4n) is 4.30. The van der Waals surface area contributed by atoms with E-state index in [9.17, 15) is 4.79 Å². The maximum absolute atomic E-state index is 13.0. The molecule has 0 aliphatic carbocycles. The highest BCUT2D eigenvalue weighted by molar-refractivity contribution is 7.21. The number of aromatic amines is 1. The Bertz CT molecular complexity index is 947. The third-order valence-corrected chi connectivity index (χ3v) is 6.88. The lowest BCUT2D eigenvalue weighted by atomic mass is 9.98. The van der Waals surface area contributed by atoms with Crippen LogP contribution in [0.4, 0.5) is 0 Å². The Morgan fingerprint density at radius 3 is 2.97 bits per heavy atom. The predicted octanol–water partition coefficient (Wildman–Crippen LogP) is 4.75. The Labute approximate surface area is 176 Å². The van der Waals surface area contributed by atoms with E-state index in [1.165, 1.54) is 34.9 Å². The highest BCUT2D eigenvalue weighted by atomic mass is 32.1. The molecule has 6 heteroatoms. The van der Waals surface area contributed by atoms with Gasteiger partial charge in [-0.3, -0.25) is 9.69 Å². The summed E-state index contributed by atoms with van der Waals surface area (Å²) in [4.78, 5) is 24.1. The summed E-state index contributed by atoms with van der Waals surface area (Å²) < 4.78 is 1.20. The van der Waals surface area contributed by atoms with Crippen LogP contribution >= 0.6 is 11.3 Å². The molecule has 3 heterocycles. The van der Waals surface area contributed by atoms with Gasteiger partial charge in [0.05, 0.1) is 11.4 Å². The van der Waals surface area contributed by atoms with Gasteiger partial charge in [0, 0.05) is 29.2 Å². The number of rotatable bonds is 6. The number of nitrogens with one attached hydrogen (secondary N) is 2. The molecule has 0 bridgehead atoms. The van der Waals surface area contributed by atoms with Gasteiger partial charge in [0.1, 0.15) is 5.82 Å². The highest BCUT2D eigenvalue weighted by Crippen LogP contribution is 2.34. The van der Waals surface area contributed by atoms with Gasteiger partial charge in [-0.2, -0.15) is 0 Å². The fraction of sp³-hybridized carbons (Fsp3) is 0.478. The van der Waals surface area contributed by atoms with Crippen LogP contribution in [0.1, 0.15) is 60.6 Å². The van der Waals surface area contributed by atoms with Crippen molar-refractivity contribution in [3.8, 4) is 0 Å². The standard InChI is InChI=1S/C23H30N4OS/c1-16(2)26-23(28)22-19(18-9-5-6-10-20(18)29-22)14-17-8-4-3-7-13-27(17)15-21-24-11-12-25-21/h5-6,9-12,16-17H,3-4,7-8,13-15H2,1-2H3,(H,24,25)(H,26,28)/t17-/m1/s1. The number of amides is 1. The maximum Gasteiger partial charge on any atom is 0.261 e. The largest absolute Gasteiger partial charge is 0.349 e. The lowest BCUT2D eigenvalue weighted by molar-refractivity contribution is 0.0945. The Balaban J connectivity index is 1.66. The van der Waals surface area contributed by atoms with Crippen LogP contribution in [0.3, 0.4) is 0 Å². The van der Waals surface area contributed by atoms with Crippen molar-refractivity contribution in [1.82, 2.24) is 20.2 Å². The molecule has 0 unspecified atom stereocenters. The van der Waals surface area contributed by atoms with E-state index >= 15 is 0 Å². The first-order valence-corrected chi connectivity index (χ1v) is 11.5. The van der Waals surface area contributed by atoms with E-state index in [1.807, 2.05) is 26.2 Å². The molecule has 1 aliphatic rings. The van der Waals surface area contributed by atoms with Gasteiger partial charge in [-0.05, 0) is 56.7 Å². The number of likely N-dealkylation sites (tertiary alicyclic amines) is 1. The minimum atomic E-state index is 0.0578. The van der Waals surface area contributed by atoms with Crippen molar-refractivity contribution in [3.63, 3.8) is 0 Å². The number of carbonyl (C=O) groups excluding carboxylic acids is 1. The molecular weight excluding hydrogens is 380 g/mol. The summed E-state index contributed by atoms with van der Waals surface area (Å²) in [6.07, 6.45) is 9.53. The molecule has 4 rings (SSSR count). The van der Waals surface area contributed by atoms with E-state index in [1.54, 1.807) is 11.3 Å². The molecule has 1 saturated heterocycles. The molecule has 1 aliphatic heterocycles. The normalized spacial score (nSPS) is 18.2. The third-order valence-electron chi connectivity index (χ3n) is 5.67. The first-order valence-electron chi connectivity index (χ1n) is 10.7. The van der Waals surface area contributed by atoms with E-state index in [0.717, 1.165) is 36.6 Å². The van der Waals surface area contributed by atoms with Crippen molar-refractivity contribution >= 4 is 27.3 Å². The van der Waals surface area contributed by atoms with Crippen LogP contribution in [0.5, 0.6) is 0 Å². The smallest absolute Gasteiger partial charge is 0.261 e. The van der Waals surface area contributed by atoms with Crippen molar-refractivity contribution in [3.05, 3.63) is 52.9 Å². The van der Waals surface area contributed by atoms with E-state index < -0.39 is 0 Å². The lowest BCUT2D eigenvalue weighted by Gasteiger charge is -2.29. The van der Waals surface area contributed by atoms with Gasteiger partial charge in [0.15, 0.2) is 0 Å². The van der Waals surface area contributed by atoms with Gasteiger partial charge < -0.3 is 10.3 Å². The van der Waals surface area contributed by atoms with Gasteiger partial charge >= 0.3 is 0 Å². The lowest BCUT2D eigenvalue weighted by Crippen LogP contribution is -2.37. The molecule has 1 fully saturated rings. The van der Waals surface area contributed by atoms with Crippen molar-refractivity contribution in [2.45, 2.75) is 64.6 Å². The van der Waals surface area contributed by atoms with Gasteiger partial charge in [0.2, 0.25) is 0 Å². The van der Waals surface area contributed by atoms with Crippen LogP contribution in [-0.4, -0.2) is 39.4 Å². The minimum Gasteiger partial charge on any atom is -0.349 e. The zero-order valence-corrected chi connectivity index (χ0v) is 18.1. The van der Waals surface area contributed by atoms with Crippen LogP contribution in [0.15, 0.2) is 36.7 Å². The zero-order valence-electron chi connectivity index (χ0n) is 17.3. The summed E-state index contributed by atoms with van der Waals surface area (Å²) >= 11 is 1.63. The number of hydrogen-bond donors (Lipinski definition) is 2. The first-order chi connectivity index (χ1) is 14.1. The summed E-state index contributed by atoms with van der Waals surface area (Å²) in [6.45, 7) is 5.96. The molecule has 0 spiro atoms. The summed E-state index contributed by atoms with van der Waals surface area (Å²) in [5.41, 5.74) is 1.21. The van der Waals surface area contributed by atoms with Crippen LogP contribution in [-0.2, 0) is 13.0 Å². The van der Waals surface area contributed by atoms with E-state index in [4.69, 9.17) is 0 Å². The van der Waals surface area contributed by atoms with Crippen molar-refractivity contribution in [2.75, 3.05) is 6.54 Å². The van der Waals surface area contributed by atoms with Crippen molar-refractivity contribution in [1.29, 1.82) is 0 Å². The molecule has 2 aromatic heterocycles. The summed E-state index contributed by atoms with van der Waals surface area (Å²) in [5.74, 6) is 1.08. The number of H-pyrrole nitrogens is 1. The highest BCUT2D eigenvalue weighted by Gasteiger charge is 2.26. The Kier molecular flexibility index (Phi) is 6.31. The predicted molar refractivity (Wildman–Crippen MR) is 119 cm³/mol. The number of nitrogens with zero attached hydrogens (tertiary/aromatic N) is 2. The Morgan fingerprint density at radius 2 is 2.17 bits per heavy atom. The number of benzene rings is 1. The summed E-state index contributed by atoms with van der Waals surface area (Å²) in [5, 5.41) is 4.33. The second-order valence-electron chi connectivity index (χ2n) is 8.25. The fourth-order valence-corrected chi connectivity index (χ4v) is 5.44. The van der Waals surface area contributed by atoms with Crippen LogP contribution in [0, 0.1) is 0 Å². The minimum absolute atomic E-state index is 0.0578. The molecule has 1 aromatic carbocycles. The van der Waals surface area contributed by atoms with Gasteiger partial charge in [0.25, 0.3) is 5.91 Å². The average Bonchev–Trinajstić information content (AvgIpc) is 3.27. The van der Waals surface area contributed by atoms with Gasteiger partial charge in [-0.1, -0.05) is 31.0 Å². The zero-order chi connectivity index (χ0) is 20.2. The van der Waals surface area contributed by atoms with Gasteiger partial charge in [-0.25, -0.2) is 4.98 Å². The Hall–Kier alpha value is -2.18. The van der Waals surface area contributed by atoms with Gasteiger partial charge in [-0.15, -0.1) is 11.3 Å². The molecule has 0 saturated carbocycles. The van der Waals surface area contributed by atoms with Crippen LogP contribution in [0.25, 0.3) is 10.1 Å². The van der Waals surface area contributed by atoms with Crippen LogP contribution in [0.2, 0.25) is 0 Å². The molecule has 2 N–H and O–H groups in total. The second kappa shape index (κ2) is 9.09. The molecular formula is C23H30N4OS. The molecule has 3 aromatic rings. The maximum atomic E-state index is 13.0. The first kappa shape index (κ1) is 20.1. The van der Waals surface area contributed by atoms with Crippen LogP contribution < -0.4 is 5.32 Å². The van der Waals surface area contributed by atoms with E-state index in [0.29, 0.717) is 6.04 Å². The quantitative estimate of drug-likeness (QED) is 0.616. The summed E-state index contributed by atoms with van der Waals surface area (Å²) in [6, 6.07) is 8.99. The molecule has 0 radical (unpaired) electrons. The molecule has 154 valence electrons. The number of carbonyl (C=O) groups is 1. The average molecular weight is 411 g/mol. The number of hydrogen-bond acceptors (Lipinski definition) is 4. The Morgan fingerprint density at radius 1 is 1.31 bits per heavy atom. The third kappa shape index (κ3) is 4.70. The van der Waals surface area contributed by atoms with Crippen molar-refractivity contribution in [2.24, 2.45) is 0 Å². The molecule has 5 nitrogen and oxygen atoms in total. The molecule has 1 amide bonds. The molecule has 1 atom stereocenters. The molecule has 29 heavy (non-hydrogen) atoms. The second-order valence-corrected chi connectivity index (χ2v) is 9.30. The SMILES string of the molecule is CC(C)NC(=O)c1sc2ccccc2c1C[C@H]1CCCCCN1Cc1ncc[nH]1. The number of thiophene rings is 1. The monoisotopic (exact) mass is 410 g/mol.